The lowest BCUT2D eigenvalue weighted by molar-refractivity contribution is -0.126. The molecule has 2 atom stereocenters. The zero-order chi connectivity index (χ0) is 15.2. The maximum atomic E-state index is 12.0. The van der Waals surface area contributed by atoms with Gasteiger partial charge in [0.1, 0.15) is 5.54 Å². The third kappa shape index (κ3) is 4.15. The first-order chi connectivity index (χ1) is 9.51. The predicted octanol–water partition coefficient (Wildman–Crippen LogP) is -0.177. The van der Waals surface area contributed by atoms with Gasteiger partial charge in [-0.05, 0) is 32.7 Å². The van der Waals surface area contributed by atoms with E-state index in [1.165, 1.54) is 0 Å². The SMILES string of the molecule is CNC(CN(CCOC)C(C)COC)(C(N)=O)C1CC1. The topological polar surface area (TPSA) is 76.8 Å². The molecule has 1 aliphatic carbocycles. The Morgan fingerprint density at radius 2 is 2.10 bits per heavy atom. The molecular formula is C14H29N3O3. The summed E-state index contributed by atoms with van der Waals surface area (Å²) in [5, 5.41) is 3.18. The van der Waals surface area contributed by atoms with Gasteiger partial charge in [-0.3, -0.25) is 9.69 Å². The van der Waals surface area contributed by atoms with Crippen LogP contribution in [0.15, 0.2) is 0 Å². The monoisotopic (exact) mass is 287 g/mol. The molecule has 6 heteroatoms. The molecule has 0 spiro atoms. The average Bonchev–Trinajstić information content (AvgIpc) is 3.24. The Balaban J connectivity index is 2.80. The van der Waals surface area contributed by atoms with Gasteiger partial charge in [0.15, 0.2) is 0 Å². The Hall–Kier alpha value is -0.690. The average molecular weight is 287 g/mol. The molecule has 6 nitrogen and oxygen atoms in total. The summed E-state index contributed by atoms with van der Waals surface area (Å²) in [7, 11) is 5.18. The van der Waals surface area contributed by atoms with Crippen molar-refractivity contribution in [3.63, 3.8) is 0 Å². The van der Waals surface area contributed by atoms with E-state index < -0.39 is 5.54 Å². The number of nitrogens with two attached hydrogens (primary N) is 1. The normalized spacial score (nSPS) is 19.9. The first-order valence-electron chi connectivity index (χ1n) is 7.22. The van der Waals surface area contributed by atoms with E-state index in [9.17, 15) is 4.79 Å². The lowest BCUT2D eigenvalue weighted by Crippen LogP contribution is -2.63. The zero-order valence-electron chi connectivity index (χ0n) is 13.1. The van der Waals surface area contributed by atoms with E-state index >= 15 is 0 Å². The van der Waals surface area contributed by atoms with Gasteiger partial charge in [-0.25, -0.2) is 0 Å². The summed E-state index contributed by atoms with van der Waals surface area (Å²) < 4.78 is 10.4. The van der Waals surface area contributed by atoms with Crippen molar-refractivity contribution in [3.8, 4) is 0 Å². The van der Waals surface area contributed by atoms with Crippen LogP contribution in [0, 0.1) is 5.92 Å². The van der Waals surface area contributed by atoms with Crippen molar-refractivity contribution < 1.29 is 14.3 Å². The van der Waals surface area contributed by atoms with Crippen LogP contribution in [0.5, 0.6) is 0 Å². The Kier molecular flexibility index (Phi) is 6.88. The minimum Gasteiger partial charge on any atom is -0.383 e. The molecule has 2 unspecified atom stereocenters. The minimum absolute atomic E-state index is 0.209. The predicted molar refractivity (Wildman–Crippen MR) is 78.5 cm³/mol. The number of primary amides is 1. The molecule has 0 bridgehead atoms. The minimum atomic E-state index is -0.643. The third-order valence-corrected chi connectivity index (χ3v) is 4.23. The maximum absolute atomic E-state index is 12.0. The van der Waals surface area contributed by atoms with Crippen LogP contribution in [0.25, 0.3) is 0 Å². The number of nitrogens with zero attached hydrogens (tertiary/aromatic N) is 1. The van der Waals surface area contributed by atoms with Crippen LogP contribution in [-0.2, 0) is 14.3 Å². The van der Waals surface area contributed by atoms with Gasteiger partial charge in [0.05, 0.1) is 13.2 Å². The lowest BCUT2D eigenvalue weighted by Gasteiger charge is -2.38. The molecule has 0 saturated heterocycles. The molecule has 0 aliphatic heterocycles. The molecule has 0 radical (unpaired) electrons. The summed E-state index contributed by atoms with van der Waals surface area (Å²) in [6.07, 6.45) is 2.11. The molecule has 0 aromatic rings. The highest BCUT2D eigenvalue weighted by Gasteiger charge is 2.50. The van der Waals surface area contributed by atoms with Crippen molar-refractivity contribution in [2.75, 3.05) is 47.6 Å². The van der Waals surface area contributed by atoms with Crippen molar-refractivity contribution in [3.05, 3.63) is 0 Å². The summed E-state index contributed by atoms with van der Waals surface area (Å²) >= 11 is 0. The van der Waals surface area contributed by atoms with Crippen molar-refractivity contribution in [1.29, 1.82) is 0 Å². The van der Waals surface area contributed by atoms with Crippen LogP contribution < -0.4 is 11.1 Å². The number of carbonyl (C=O) groups excluding carboxylic acids is 1. The molecule has 1 saturated carbocycles. The fourth-order valence-corrected chi connectivity index (χ4v) is 2.72. The van der Waals surface area contributed by atoms with Crippen molar-refractivity contribution in [2.45, 2.75) is 31.3 Å². The van der Waals surface area contributed by atoms with E-state index in [-0.39, 0.29) is 11.9 Å². The highest BCUT2D eigenvalue weighted by molar-refractivity contribution is 5.86. The van der Waals surface area contributed by atoms with E-state index in [2.05, 4.69) is 17.1 Å². The van der Waals surface area contributed by atoms with Crippen LogP contribution >= 0.6 is 0 Å². The van der Waals surface area contributed by atoms with Gasteiger partial charge < -0.3 is 20.5 Å². The number of nitrogens with one attached hydrogen (secondary N) is 1. The largest absolute Gasteiger partial charge is 0.383 e. The van der Waals surface area contributed by atoms with Crippen LogP contribution in [0.2, 0.25) is 0 Å². The van der Waals surface area contributed by atoms with E-state index in [0.29, 0.717) is 25.7 Å². The zero-order valence-corrected chi connectivity index (χ0v) is 13.1. The van der Waals surface area contributed by atoms with E-state index in [4.69, 9.17) is 15.2 Å². The van der Waals surface area contributed by atoms with E-state index in [1.807, 2.05) is 7.05 Å². The van der Waals surface area contributed by atoms with E-state index in [0.717, 1.165) is 19.4 Å². The summed E-state index contributed by atoms with van der Waals surface area (Å²) in [6.45, 7) is 4.68. The number of carbonyl (C=O) groups is 1. The number of methoxy groups -OCH3 is 2. The molecule has 0 aromatic carbocycles. The van der Waals surface area contributed by atoms with Crippen molar-refractivity contribution in [2.24, 2.45) is 11.7 Å². The quantitative estimate of drug-likeness (QED) is 0.551. The number of likely N-dealkylation sites (N-methyl/N-ethyl adjacent to an activating group) is 1. The summed E-state index contributed by atoms with van der Waals surface area (Å²) in [6, 6.07) is 0.209. The Bertz CT molecular complexity index is 310. The third-order valence-electron chi connectivity index (χ3n) is 4.23. The number of hydrogen-bond acceptors (Lipinski definition) is 5. The second-order valence-corrected chi connectivity index (χ2v) is 5.63. The molecule has 118 valence electrons. The summed E-state index contributed by atoms with van der Waals surface area (Å²) in [5.41, 5.74) is 5.04. The molecule has 1 aliphatic rings. The van der Waals surface area contributed by atoms with Gasteiger partial charge in [0.2, 0.25) is 5.91 Å². The van der Waals surface area contributed by atoms with Crippen LogP contribution in [0.3, 0.4) is 0 Å². The van der Waals surface area contributed by atoms with Gasteiger partial charge >= 0.3 is 0 Å². The van der Waals surface area contributed by atoms with Gasteiger partial charge in [0.25, 0.3) is 0 Å². The summed E-state index contributed by atoms with van der Waals surface area (Å²) in [5.74, 6) is 0.0688. The van der Waals surface area contributed by atoms with E-state index in [1.54, 1.807) is 14.2 Å². The number of amides is 1. The molecule has 1 fully saturated rings. The maximum Gasteiger partial charge on any atom is 0.239 e. The van der Waals surface area contributed by atoms with Crippen molar-refractivity contribution in [1.82, 2.24) is 10.2 Å². The molecule has 0 aromatic heterocycles. The molecule has 1 amide bonds. The highest BCUT2D eigenvalue weighted by atomic mass is 16.5. The molecule has 0 heterocycles. The fraction of sp³-hybridized carbons (Fsp3) is 0.929. The first kappa shape index (κ1) is 17.4. The van der Waals surface area contributed by atoms with Gasteiger partial charge in [0, 0.05) is 33.4 Å². The van der Waals surface area contributed by atoms with Crippen molar-refractivity contribution >= 4 is 5.91 Å². The Labute approximate surface area is 122 Å². The first-order valence-corrected chi connectivity index (χ1v) is 7.22. The smallest absolute Gasteiger partial charge is 0.239 e. The highest BCUT2D eigenvalue weighted by Crippen LogP contribution is 2.40. The van der Waals surface area contributed by atoms with Gasteiger partial charge in [-0.2, -0.15) is 0 Å². The molecular weight excluding hydrogens is 258 g/mol. The lowest BCUT2D eigenvalue weighted by atomic mass is 9.91. The molecule has 20 heavy (non-hydrogen) atoms. The second-order valence-electron chi connectivity index (χ2n) is 5.63. The van der Waals surface area contributed by atoms with Gasteiger partial charge in [-0.15, -0.1) is 0 Å². The second kappa shape index (κ2) is 7.93. The van der Waals surface area contributed by atoms with Crippen LogP contribution in [0.4, 0.5) is 0 Å². The van der Waals surface area contributed by atoms with Crippen LogP contribution in [-0.4, -0.2) is 70.0 Å². The number of hydrogen-bond donors (Lipinski definition) is 2. The number of ether oxygens (including phenoxy) is 2. The molecule has 1 rings (SSSR count). The Morgan fingerprint density at radius 1 is 1.45 bits per heavy atom. The van der Waals surface area contributed by atoms with Gasteiger partial charge in [-0.1, -0.05) is 0 Å². The summed E-state index contributed by atoms with van der Waals surface area (Å²) in [4.78, 5) is 14.2. The standard InChI is InChI=1S/C14H29N3O3/c1-11(9-20-4)17(7-8-19-3)10-14(16-2,13(15)18)12-5-6-12/h11-12,16H,5-10H2,1-4H3,(H2,15,18). The fourth-order valence-electron chi connectivity index (χ4n) is 2.72. The number of rotatable bonds is 11. The van der Waals surface area contributed by atoms with Crippen LogP contribution in [0.1, 0.15) is 19.8 Å². The molecule has 3 N–H and O–H groups in total. The Morgan fingerprint density at radius 3 is 2.50 bits per heavy atom.